The lowest BCUT2D eigenvalue weighted by Crippen LogP contribution is -2.41. The van der Waals surface area contributed by atoms with Crippen molar-refractivity contribution in [2.24, 2.45) is 0 Å². The molecule has 2 aliphatic rings. The Bertz CT molecular complexity index is 963. The number of nitrogens with one attached hydrogen (secondary N) is 1. The summed E-state index contributed by atoms with van der Waals surface area (Å²) in [5.74, 6) is 0.839. The molecule has 144 valence electrons. The standard InChI is InChI=1S/C20H26N4O2S/c1-27(25,26)24-11-8-17(9-12-24)23-19-13-18-16(14-22-19)7-10-21-20(18)15-5-3-2-4-6-15/h5,7,10,13-14,17H,2-4,6,8-9,11-12H2,1H3,(H,22,23). The van der Waals surface area contributed by atoms with Crippen LogP contribution < -0.4 is 5.32 Å². The smallest absolute Gasteiger partial charge is 0.211 e. The topological polar surface area (TPSA) is 75.2 Å². The molecule has 3 heterocycles. The van der Waals surface area contributed by atoms with E-state index in [2.05, 4.69) is 27.4 Å². The first-order valence-corrected chi connectivity index (χ1v) is 11.5. The molecule has 1 saturated heterocycles. The van der Waals surface area contributed by atoms with E-state index in [-0.39, 0.29) is 6.04 Å². The molecule has 2 aromatic rings. The molecule has 1 N–H and O–H groups in total. The van der Waals surface area contributed by atoms with Gasteiger partial charge in [-0.2, -0.15) is 0 Å². The maximum Gasteiger partial charge on any atom is 0.211 e. The molecule has 0 radical (unpaired) electrons. The molecule has 7 heteroatoms. The van der Waals surface area contributed by atoms with Crippen LogP contribution >= 0.6 is 0 Å². The van der Waals surface area contributed by atoms with Gasteiger partial charge in [0.25, 0.3) is 0 Å². The summed E-state index contributed by atoms with van der Waals surface area (Å²) in [5, 5.41) is 5.73. The number of hydrogen-bond donors (Lipinski definition) is 1. The molecule has 0 amide bonds. The third kappa shape index (κ3) is 4.14. The fourth-order valence-electron chi connectivity index (χ4n) is 3.99. The summed E-state index contributed by atoms with van der Waals surface area (Å²) in [6.07, 6.45) is 13.6. The second kappa shape index (κ2) is 7.56. The first-order chi connectivity index (χ1) is 13.0. The molecule has 2 aromatic heterocycles. The Labute approximate surface area is 160 Å². The number of fused-ring (bicyclic) bond motifs is 1. The Morgan fingerprint density at radius 3 is 2.70 bits per heavy atom. The Morgan fingerprint density at radius 1 is 1.19 bits per heavy atom. The molecule has 0 aromatic carbocycles. The van der Waals surface area contributed by atoms with Gasteiger partial charge in [-0.1, -0.05) is 6.08 Å². The minimum absolute atomic E-state index is 0.238. The van der Waals surface area contributed by atoms with E-state index >= 15 is 0 Å². The van der Waals surface area contributed by atoms with Crippen LogP contribution in [-0.2, 0) is 10.0 Å². The van der Waals surface area contributed by atoms with Crippen molar-refractivity contribution in [3.63, 3.8) is 0 Å². The third-order valence-electron chi connectivity index (χ3n) is 5.52. The fraction of sp³-hybridized carbons (Fsp3) is 0.500. The predicted octanol–water partition coefficient (Wildman–Crippen LogP) is 3.42. The van der Waals surface area contributed by atoms with E-state index in [9.17, 15) is 8.42 Å². The van der Waals surface area contributed by atoms with Gasteiger partial charge >= 0.3 is 0 Å². The van der Waals surface area contributed by atoms with Crippen molar-refractivity contribution >= 4 is 32.2 Å². The number of pyridine rings is 2. The maximum atomic E-state index is 11.7. The molecule has 1 fully saturated rings. The Morgan fingerprint density at radius 2 is 2.00 bits per heavy atom. The van der Waals surface area contributed by atoms with Crippen LogP contribution in [0.3, 0.4) is 0 Å². The van der Waals surface area contributed by atoms with Gasteiger partial charge in [-0.05, 0) is 56.2 Å². The molecule has 0 atom stereocenters. The Balaban J connectivity index is 1.54. The predicted molar refractivity (Wildman–Crippen MR) is 109 cm³/mol. The van der Waals surface area contributed by atoms with E-state index in [0.29, 0.717) is 13.1 Å². The van der Waals surface area contributed by atoms with E-state index < -0.39 is 10.0 Å². The number of sulfonamides is 1. The first-order valence-electron chi connectivity index (χ1n) is 9.66. The number of anilines is 1. The highest BCUT2D eigenvalue weighted by atomic mass is 32.2. The Kier molecular flexibility index (Phi) is 5.14. The number of piperidine rings is 1. The highest BCUT2D eigenvalue weighted by Crippen LogP contribution is 2.31. The number of hydrogen-bond acceptors (Lipinski definition) is 5. The average Bonchev–Trinajstić information content (AvgIpc) is 2.68. The van der Waals surface area contributed by atoms with Crippen molar-refractivity contribution in [2.45, 2.75) is 44.6 Å². The third-order valence-corrected chi connectivity index (χ3v) is 6.82. The van der Waals surface area contributed by atoms with E-state index in [1.165, 1.54) is 24.7 Å². The zero-order chi connectivity index (χ0) is 18.9. The van der Waals surface area contributed by atoms with Crippen molar-refractivity contribution in [3.8, 4) is 0 Å². The van der Waals surface area contributed by atoms with Crippen molar-refractivity contribution in [1.82, 2.24) is 14.3 Å². The maximum absolute atomic E-state index is 11.7. The first kappa shape index (κ1) is 18.4. The zero-order valence-electron chi connectivity index (χ0n) is 15.7. The SMILES string of the molecule is CS(=O)(=O)N1CCC(Nc2cc3c(C4=CCCCC4)nccc3cn2)CC1. The quantitative estimate of drug-likeness (QED) is 0.871. The molecule has 0 unspecified atom stereocenters. The summed E-state index contributed by atoms with van der Waals surface area (Å²) < 4.78 is 24.9. The Hall–Kier alpha value is -1.99. The van der Waals surface area contributed by atoms with Crippen molar-refractivity contribution in [2.75, 3.05) is 24.7 Å². The summed E-state index contributed by atoms with van der Waals surface area (Å²) in [6, 6.07) is 4.33. The molecular formula is C20H26N4O2S. The normalized spacial score (nSPS) is 19.8. The highest BCUT2D eigenvalue weighted by Gasteiger charge is 2.25. The molecule has 0 bridgehead atoms. The monoisotopic (exact) mass is 386 g/mol. The summed E-state index contributed by atoms with van der Waals surface area (Å²) in [6.45, 7) is 1.12. The fourth-order valence-corrected chi connectivity index (χ4v) is 4.87. The second-order valence-corrected chi connectivity index (χ2v) is 9.49. The van der Waals surface area contributed by atoms with Gasteiger partial charge in [-0.25, -0.2) is 17.7 Å². The number of nitrogens with zero attached hydrogens (tertiary/aromatic N) is 3. The van der Waals surface area contributed by atoms with Crippen LogP contribution in [0.1, 0.15) is 44.2 Å². The van der Waals surface area contributed by atoms with Gasteiger partial charge < -0.3 is 5.32 Å². The van der Waals surface area contributed by atoms with Crippen molar-refractivity contribution in [3.05, 3.63) is 36.3 Å². The van der Waals surface area contributed by atoms with Gasteiger partial charge in [0.05, 0.1) is 11.9 Å². The van der Waals surface area contributed by atoms with Crippen molar-refractivity contribution in [1.29, 1.82) is 0 Å². The average molecular weight is 387 g/mol. The minimum atomic E-state index is -3.09. The van der Waals surface area contributed by atoms with Crippen LogP contribution in [-0.4, -0.2) is 48.1 Å². The number of rotatable bonds is 4. The van der Waals surface area contributed by atoms with Gasteiger partial charge in [0.2, 0.25) is 10.0 Å². The van der Waals surface area contributed by atoms with E-state index in [4.69, 9.17) is 0 Å². The van der Waals surface area contributed by atoms with Crippen LogP contribution in [0.15, 0.2) is 30.6 Å². The van der Waals surface area contributed by atoms with Crippen LogP contribution in [0, 0.1) is 0 Å². The van der Waals surface area contributed by atoms with Crippen LogP contribution in [0.5, 0.6) is 0 Å². The highest BCUT2D eigenvalue weighted by molar-refractivity contribution is 7.88. The summed E-state index contributed by atoms with van der Waals surface area (Å²) >= 11 is 0. The van der Waals surface area contributed by atoms with E-state index in [1.54, 1.807) is 4.31 Å². The second-order valence-electron chi connectivity index (χ2n) is 7.51. The van der Waals surface area contributed by atoms with Crippen LogP contribution in [0.2, 0.25) is 0 Å². The lowest BCUT2D eigenvalue weighted by molar-refractivity contribution is 0.331. The summed E-state index contributed by atoms with van der Waals surface area (Å²) in [5.41, 5.74) is 2.41. The molecular weight excluding hydrogens is 360 g/mol. The zero-order valence-corrected chi connectivity index (χ0v) is 16.5. The molecule has 1 aliphatic heterocycles. The molecule has 0 spiro atoms. The lowest BCUT2D eigenvalue weighted by Gasteiger charge is -2.31. The van der Waals surface area contributed by atoms with Crippen LogP contribution in [0.25, 0.3) is 16.3 Å². The van der Waals surface area contributed by atoms with Gasteiger partial charge in [-0.15, -0.1) is 0 Å². The minimum Gasteiger partial charge on any atom is -0.367 e. The van der Waals surface area contributed by atoms with E-state index in [0.717, 1.165) is 48.0 Å². The summed E-state index contributed by atoms with van der Waals surface area (Å²) in [7, 11) is -3.09. The molecule has 1 aliphatic carbocycles. The van der Waals surface area contributed by atoms with Gasteiger partial charge in [0.15, 0.2) is 0 Å². The lowest BCUT2D eigenvalue weighted by atomic mass is 9.94. The van der Waals surface area contributed by atoms with Gasteiger partial charge in [-0.3, -0.25) is 4.98 Å². The molecule has 6 nitrogen and oxygen atoms in total. The largest absolute Gasteiger partial charge is 0.367 e. The summed E-state index contributed by atoms with van der Waals surface area (Å²) in [4.78, 5) is 9.22. The molecule has 0 saturated carbocycles. The van der Waals surface area contributed by atoms with Crippen molar-refractivity contribution < 1.29 is 8.42 Å². The number of allylic oxidation sites excluding steroid dienone is 2. The molecule has 27 heavy (non-hydrogen) atoms. The van der Waals surface area contributed by atoms with Gasteiger partial charge in [0.1, 0.15) is 5.82 Å². The molecule has 4 rings (SSSR count). The van der Waals surface area contributed by atoms with Crippen LogP contribution in [0.4, 0.5) is 5.82 Å². The van der Waals surface area contributed by atoms with E-state index in [1.807, 2.05) is 18.5 Å². The number of aromatic nitrogens is 2. The van der Waals surface area contributed by atoms with Gasteiger partial charge in [0, 0.05) is 42.3 Å².